The Balaban J connectivity index is 1.49. The van der Waals surface area contributed by atoms with Crippen LogP contribution < -0.4 is 0 Å². The van der Waals surface area contributed by atoms with Crippen LogP contribution in [0.25, 0.3) is 0 Å². The predicted molar refractivity (Wildman–Crippen MR) is 136 cm³/mol. The van der Waals surface area contributed by atoms with Gasteiger partial charge in [0.15, 0.2) is 0 Å². The van der Waals surface area contributed by atoms with Crippen LogP contribution in [0.5, 0.6) is 0 Å². The highest BCUT2D eigenvalue weighted by Crippen LogP contribution is 2.68. The molecule has 0 bridgehead atoms. The van der Waals surface area contributed by atoms with E-state index < -0.39 is 0 Å². The second-order valence-corrected chi connectivity index (χ2v) is 14.6. The maximum atomic E-state index is 2.78. The quantitative estimate of drug-likeness (QED) is 0.384. The first kappa shape index (κ1) is 23.9. The Bertz CT molecular complexity index is 662. The minimum absolute atomic E-state index is 0.467. The molecule has 4 aliphatic carbocycles. The lowest BCUT2D eigenvalue weighted by atomic mass is 9.46. The van der Waals surface area contributed by atoms with Crippen LogP contribution in [-0.2, 0) is 0 Å². The first-order valence-electron chi connectivity index (χ1n) is 14.2. The number of fused-ring (bicyclic) bond motifs is 5. The Hall–Kier alpha value is -0.260. The molecule has 8 atom stereocenters. The van der Waals surface area contributed by atoms with Gasteiger partial charge in [-0.05, 0) is 109 Å². The average molecular weight is 427 g/mol. The summed E-state index contributed by atoms with van der Waals surface area (Å²) in [4.78, 5) is 0. The molecule has 0 N–H and O–H groups in total. The largest absolute Gasteiger partial charge is 0.0845 e. The number of hydrogen-bond acceptors (Lipinski definition) is 0. The van der Waals surface area contributed by atoms with E-state index in [1.165, 1.54) is 70.6 Å². The smallest absolute Gasteiger partial charge is 0.00851 e. The highest BCUT2D eigenvalue weighted by atomic mass is 14.6. The van der Waals surface area contributed by atoms with Gasteiger partial charge in [-0.3, -0.25) is 0 Å². The molecule has 3 saturated carbocycles. The predicted octanol–water partition coefficient (Wildman–Crippen LogP) is 9.69. The van der Waals surface area contributed by atoms with Crippen LogP contribution in [-0.4, -0.2) is 0 Å². The third kappa shape index (κ3) is 4.21. The molecule has 31 heavy (non-hydrogen) atoms. The van der Waals surface area contributed by atoms with Gasteiger partial charge in [0, 0.05) is 0 Å². The van der Waals surface area contributed by atoms with Crippen molar-refractivity contribution >= 4 is 0 Å². The summed E-state index contributed by atoms with van der Waals surface area (Å²) in [6, 6.07) is 0. The molecule has 4 aliphatic rings. The molecule has 178 valence electrons. The van der Waals surface area contributed by atoms with Gasteiger partial charge in [0.25, 0.3) is 0 Å². The number of allylic oxidation sites excluding steroid dienone is 2. The summed E-state index contributed by atoms with van der Waals surface area (Å²) < 4.78 is 0. The third-order valence-electron chi connectivity index (χ3n) is 11.5. The minimum atomic E-state index is 0.467. The standard InChI is InChI=1S/C31H54/c1-21(2)10-9-11-22(3)26-14-15-27-25-13-12-24-20-23(29(4,5)6)16-18-30(24,7)28(25)17-19-31(26,27)8/h12,21-23,25-28H,9-11,13-20H2,1-8H3/t22-,23?,25+,26-,27+,28+,30+,31-/m1/s1. The van der Waals surface area contributed by atoms with E-state index in [9.17, 15) is 0 Å². The number of rotatable bonds is 5. The molecule has 0 spiro atoms. The van der Waals surface area contributed by atoms with Crippen LogP contribution in [0.3, 0.4) is 0 Å². The highest BCUT2D eigenvalue weighted by Gasteiger charge is 2.59. The molecule has 0 aromatic rings. The fourth-order valence-electron chi connectivity index (χ4n) is 9.42. The Morgan fingerprint density at radius 3 is 2.35 bits per heavy atom. The molecule has 0 saturated heterocycles. The summed E-state index contributed by atoms with van der Waals surface area (Å²) in [5, 5.41) is 0. The van der Waals surface area contributed by atoms with Crippen molar-refractivity contribution in [3.8, 4) is 0 Å². The SMILES string of the molecule is CC(C)CCC[C@@H](C)[C@H]1CC[C@H]2[C@@H]3CC=C4CC(C(C)(C)C)CC[C@]4(C)[C@H]3CC[C@]12C. The Labute approximate surface area is 195 Å². The van der Waals surface area contributed by atoms with Crippen molar-refractivity contribution in [2.75, 3.05) is 0 Å². The third-order valence-corrected chi connectivity index (χ3v) is 11.5. The van der Waals surface area contributed by atoms with E-state index in [1.54, 1.807) is 0 Å². The van der Waals surface area contributed by atoms with Crippen molar-refractivity contribution in [3.05, 3.63) is 11.6 Å². The van der Waals surface area contributed by atoms with Gasteiger partial charge in [-0.25, -0.2) is 0 Å². The normalized spacial score (nSPS) is 43.8. The topological polar surface area (TPSA) is 0 Å². The van der Waals surface area contributed by atoms with Crippen LogP contribution in [0.1, 0.15) is 126 Å². The van der Waals surface area contributed by atoms with Crippen molar-refractivity contribution in [1.82, 2.24) is 0 Å². The second kappa shape index (κ2) is 8.51. The molecule has 0 heterocycles. The van der Waals surface area contributed by atoms with E-state index in [0.29, 0.717) is 16.2 Å². The lowest BCUT2D eigenvalue weighted by Crippen LogP contribution is -2.51. The van der Waals surface area contributed by atoms with Gasteiger partial charge in [-0.1, -0.05) is 86.3 Å². The van der Waals surface area contributed by atoms with Gasteiger partial charge in [-0.2, -0.15) is 0 Å². The highest BCUT2D eigenvalue weighted by molar-refractivity contribution is 5.25. The molecule has 0 amide bonds. The van der Waals surface area contributed by atoms with E-state index in [4.69, 9.17) is 0 Å². The lowest BCUT2D eigenvalue weighted by molar-refractivity contribution is -0.0559. The summed E-state index contributed by atoms with van der Waals surface area (Å²) in [7, 11) is 0. The molecule has 3 fully saturated rings. The Morgan fingerprint density at radius 1 is 0.935 bits per heavy atom. The van der Waals surface area contributed by atoms with Gasteiger partial charge < -0.3 is 0 Å². The fourth-order valence-corrected chi connectivity index (χ4v) is 9.42. The summed E-state index contributed by atoms with van der Waals surface area (Å²) in [5.41, 5.74) is 3.49. The molecule has 0 aromatic heterocycles. The van der Waals surface area contributed by atoms with Crippen molar-refractivity contribution in [2.45, 2.75) is 126 Å². The van der Waals surface area contributed by atoms with Gasteiger partial charge in [0.1, 0.15) is 0 Å². The summed E-state index contributed by atoms with van der Waals surface area (Å²) >= 11 is 0. The molecule has 0 nitrogen and oxygen atoms in total. The molecule has 0 aliphatic heterocycles. The molecule has 4 rings (SSSR count). The van der Waals surface area contributed by atoms with E-state index in [1.807, 2.05) is 5.57 Å². The van der Waals surface area contributed by atoms with Crippen LogP contribution in [0.15, 0.2) is 11.6 Å². The van der Waals surface area contributed by atoms with E-state index in [2.05, 4.69) is 61.5 Å². The first-order chi connectivity index (χ1) is 14.5. The minimum Gasteiger partial charge on any atom is -0.0845 e. The van der Waals surface area contributed by atoms with Crippen LogP contribution in [0.2, 0.25) is 0 Å². The average Bonchev–Trinajstić information content (AvgIpc) is 3.03. The zero-order valence-electron chi connectivity index (χ0n) is 22.4. The molecule has 0 radical (unpaired) electrons. The van der Waals surface area contributed by atoms with Crippen LogP contribution >= 0.6 is 0 Å². The molecular formula is C31H54. The zero-order chi connectivity index (χ0) is 22.6. The summed E-state index contributed by atoms with van der Waals surface area (Å²) in [6.07, 6.45) is 18.9. The van der Waals surface area contributed by atoms with Gasteiger partial charge >= 0.3 is 0 Å². The zero-order valence-corrected chi connectivity index (χ0v) is 22.4. The Kier molecular flexibility index (Phi) is 6.55. The maximum Gasteiger partial charge on any atom is -0.00851 e. The molecule has 1 unspecified atom stereocenters. The second-order valence-electron chi connectivity index (χ2n) is 14.6. The number of hydrogen-bond donors (Lipinski definition) is 0. The summed E-state index contributed by atoms with van der Waals surface area (Å²) in [6.45, 7) is 20.2. The monoisotopic (exact) mass is 426 g/mol. The summed E-state index contributed by atoms with van der Waals surface area (Å²) in [5.74, 6) is 6.62. The van der Waals surface area contributed by atoms with Crippen molar-refractivity contribution in [1.29, 1.82) is 0 Å². The van der Waals surface area contributed by atoms with Crippen LogP contribution in [0, 0.1) is 57.7 Å². The van der Waals surface area contributed by atoms with Crippen molar-refractivity contribution < 1.29 is 0 Å². The van der Waals surface area contributed by atoms with E-state index >= 15 is 0 Å². The van der Waals surface area contributed by atoms with Gasteiger partial charge in [0.05, 0.1) is 0 Å². The van der Waals surface area contributed by atoms with Gasteiger partial charge in [-0.15, -0.1) is 0 Å². The molecule has 0 aromatic carbocycles. The van der Waals surface area contributed by atoms with Crippen molar-refractivity contribution in [2.24, 2.45) is 57.7 Å². The van der Waals surface area contributed by atoms with Gasteiger partial charge in [0.2, 0.25) is 0 Å². The Morgan fingerprint density at radius 2 is 1.68 bits per heavy atom. The van der Waals surface area contributed by atoms with Crippen LogP contribution in [0.4, 0.5) is 0 Å². The maximum absolute atomic E-state index is 2.78. The van der Waals surface area contributed by atoms with E-state index in [0.717, 1.165) is 41.4 Å². The fraction of sp³-hybridized carbons (Fsp3) is 0.935. The lowest BCUT2D eigenvalue weighted by Gasteiger charge is -2.59. The molecule has 0 heteroatoms. The van der Waals surface area contributed by atoms with E-state index in [-0.39, 0.29) is 0 Å². The first-order valence-corrected chi connectivity index (χ1v) is 14.2. The van der Waals surface area contributed by atoms with Crippen molar-refractivity contribution in [3.63, 3.8) is 0 Å². The molecular weight excluding hydrogens is 372 g/mol.